The van der Waals surface area contributed by atoms with Gasteiger partial charge in [0, 0.05) is 13.1 Å². The van der Waals surface area contributed by atoms with Crippen LogP contribution in [-0.4, -0.2) is 36.1 Å². The molecule has 0 aliphatic carbocycles. The van der Waals surface area contributed by atoms with Crippen LogP contribution >= 0.6 is 0 Å². The van der Waals surface area contributed by atoms with E-state index in [0.717, 1.165) is 25.6 Å². The first-order chi connectivity index (χ1) is 5.77. The van der Waals surface area contributed by atoms with Gasteiger partial charge in [-0.3, -0.25) is 4.90 Å². The van der Waals surface area contributed by atoms with E-state index < -0.39 is 0 Å². The lowest BCUT2D eigenvalue weighted by Gasteiger charge is -2.34. The minimum atomic E-state index is 0.935. The first kappa shape index (κ1) is 9.39. The maximum absolute atomic E-state index is 5.81. The van der Waals surface area contributed by atoms with Gasteiger partial charge in [-0.05, 0) is 26.0 Å². The van der Waals surface area contributed by atoms with Crippen LogP contribution in [0.5, 0.6) is 0 Å². The summed E-state index contributed by atoms with van der Waals surface area (Å²) in [6, 6.07) is 0. The van der Waals surface area contributed by atoms with Crippen LogP contribution in [0.4, 0.5) is 0 Å². The predicted octanol–water partition coefficient (Wildman–Crippen LogP) is 0.791. The molecule has 1 heterocycles. The van der Waals surface area contributed by atoms with E-state index in [-0.39, 0.29) is 0 Å². The number of nitrogens with two attached hydrogens (primary N) is 1. The molecule has 0 unspecified atom stereocenters. The highest BCUT2D eigenvalue weighted by molar-refractivity contribution is 5.00. The van der Waals surface area contributed by atoms with E-state index in [1.54, 1.807) is 0 Å². The molecule has 3 heteroatoms. The molecule has 0 bridgehead atoms. The minimum Gasteiger partial charge on any atom is -0.386 e. The maximum Gasteiger partial charge on any atom is 0.0968 e. The summed E-state index contributed by atoms with van der Waals surface area (Å²) >= 11 is 0. The Hall–Kier alpha value is -0.700. The van der Waals surface area contributed by atoms with Gasteiger partial charge in [-0.25, -0.2) is 0 Å². The molecule has 0 spiro atoms. The van der Waals surface area contributed by atoms with Gasteiger partial charge >= 0.3 is 0 Å². The summed E-state index contributed by atoms with van der Waals surface area (Å²) in [6.45, 7) is 8.51. The second-order valence-electron chi connectivity index (χ2n) is 3.20. The first-order valence-corrected chi connectivity index (χ1v) is 4.70. The molecule has 70 valence electrons. The molecule has 0 radical (unpaired) electrons. The Morgan fingerprint density at radius 3 is 2.83 bits per heavy atom. The molecule has 0 saturated heterocycles. The van der Waals surface area contributed by atoms with Crippen LogP contribution in [0.3, 0.4) is 0 Å². The molecule has 0 aromatic carbocycles. The van der Waals surface area contributed by atoms with E-state index in [1.807, 2.05) is 0 Å². The molecule has 1 aliphatic heterocycles. The summed E-state index contributed by atoms with van der Waals surface area (Å²) in [4.78, 5) is 4.60. The Kier molecular flexibility index (Phi) is 3.41. The molecular weight excluding hydrogens is 150 g/mol. The predicted molar refractivity (Wildman–Crippen MR) is 51.4 cm³/mol. The smallest absolute Gasteiger partial charge is 0.0968 e. The van der Waals surface area contributed by atoms with Crippen molar-refractivity contribution in [2.45, 2.75) is 20.3 Å². The van der Waals surface area contributed by atoms with Gasteiger partial charge in [0.05, 0.1) is 12.5 Å². The molecule has 0 aromatic rings. The zero-order chi connectivity index (χ0) is 8.97. The van der Waals surface area contributed by atoms with Crippen molar-refractivity contribution in [2.75, 3.05) is 26.3 Å². The van der Waals surface area contributed by atoms with Gasteiger partial charge in [-0.2, -0.15) is 0 Å². The lowest BCUT2D eigenvalue weighted by Crippen LogP contribution is -2.44. The molecule has 0 aromatic heterocycles. The second kappa shape index (κ2) is 4.36. The molecule has 0 amide bonds. The van der Waals surface area contributed by atoms with Crippen molar-refractivity contribution in [3.05, 3.63) is 11.9 Å². The van der Waals surface area contributed by atoms with Gasteiger partial charge in [0.2, 0.25) is 0 Å². The van der Waals surface area contributed by atoms with Crippen LogP contribution in [0, 0.1) is 0 Å². The Bertz CT molecular complexity index is 165. The van der Waals surface area contributed by atoms with E-state index in [0.29, 0.717) is 0 Å². The topological polar surface area (TPSA) is 32.5 Å². The maximum atomic E-state index is 5.81. The molecule has 1 rings (SSSR count). The third-order valence-corrected chi connectivity index (χ3v) is 2.22. The summed E-state index contributed by atoms with van der Waals surface area (Å²) in [5.41, 5.74) is 5.81. The standard InChI is InChI=1S/C9H19N3/c1-3-6-11-7-5-9(10)12(4-2)8-11/h5H,3-4,6-8,10H2,1-2H3. The van der Waals surface area contributed by atoms with E-state index in [2.05, 4.69) is 29.7 Å². The zero-order valence-corrected chi connectivity index (χ0v) is 8.08. The van der Waals surface area contributed by atoms with Crippen LogP contribution < -0.4 is 5.73 Å². The molecule has 0 atom stereocenters. The largest absolute Gasteiger partial charge is 0.386 e. The average molecular weight is 169 g/mol. The van der Waals surface area contributed by atoms with E-state index >= 15 is 0 Å². The van der Waals surface area contributed by atoms with Crippen LogP contribution in [0.15, 0.2) is 11.9 Å². The van der Waals surface area contributed by atoms with Gasteiger partial charge < -0.3 is 10.6 Å². The Labute approximate surface area is 74.8 Å². The van der Waals surface area contributed by atoms with Gasteiger partial charge in [0.25, 0.3) is 0 Å². The number of rotatable bonds is 3. The first-order valence-electron chi connectivity index (χ1n) is 4.70. The monoisotopic (exact) mass is 169 g/mol. The summed E-state index contributed by atoms with van der Waals surface area (Å²) in [6.07, 6.45) is 3.31. The normalized spacial score (nSPS) is 19.5. The van der Waals surface area contributed by atoms with Crippen molar-refractivity contribution >= 4 is 0 Å². The molecule has 0 fully saturated rings. The second-order valence-corrected chi connectivity index (χ2v) is 3.20. The van der Waals surface area contributed by atoms with Crippen molar-refractivity contribution in [1.82, 2.24) is 9.80 Å². The van der Waals surface area contributed by atoms with Crippen molar-refractivity contribution < 1.29 is 0 Å². The number of hydrogen-bond donors (Lipinski definition) is 1. The minimum absolute atomic E-state index is 0.935. The Balaban J connectivity index is 2.46. The third kappa shape index (κ3) is 2.14. The molecule has 2 N–H and O–H groups in total. The quantitative estimate of drug-likeness (QED) is 0.678. The van der Waals surface area contributed by atoms with Crippen LogP contribution in [0.25, 0.3) is 0 Å². The van der Waals surface area contributed by atoms with Crippen molar-refractivity contribution in [1.29, 1.82) is 0 Å². The lowest BCUT2D eigenvalue weighted by atomic mass is 10.3. The molecule has 1 aliphatic rings. The highest BCUT2D eigenvalue weighted by Crippen LogP contribution is 2.07. The molecule has 0 saturated carbocycles. The highest BCUT2D eigenvalue weighted by Gasteiger charge is 2.13. The summed E-state index contributed by atoms with van der Waals surface area (Å²) in [5, 5.41) is 0. The fourth-order valence-electron chi connectivity index (χ4n) is 1.49. The van der Waals surface area contributed by atoms with Gasteiger partial charge in [0.1, 0.15) is 0 Å². The van der Waals surface area contributed by atoms with Gasteiger partial charge in [-0.15, -0.1) is 0 Å². The van der Waals surface area contributed by atoms with Crippen LogP contribution in [0.1, 0.15) is 20.3 Å². The number of hydrogen-bond acceptors (Lipinski definition) is 3. The van der Waals surface area contributed by atoms with Crippen molar-refractivity contribution in [3.8, 4) is 0 Å². The Morgan fingerprint density at radius 1 is 1.50 bits per heavy atom. The fraction of sp³-hybridized carbons (Fsp3) is 0.778. The fourth-order valence-corrected chi connectivity index (χ4v) is 1.49. The summed E-state index contributed by atoms with van der Waals surface area (Å²) in [7, 11) is 0. The molecular formula is C9H19N3. The summed E-state index contributed by atoms with van der Waals surface area (Å²) < 4.78 is 0. The summed E-state index contributed by atoms with van der Waals surface area (Å²) in [5.74, 6) is 0.935. The SMILES string of the molecule is CCCN1CC=C(N)N(CC)C1. The van der Waals surface area contributed by atoms with Crippen LogP contribution in [-0.2, 0) is 0 Å². The lowest BCUT2D eigenvalue weighted by molar-refractivity contribution is 0.158. The van der Waals surface area contributed by atoms with Crippen molar-refractivity contribution in [2.24, 2.45) is 5.73 Å². The molecule has 3 nitrogen and oxygen atoms in total. The van der Waals surface area contributed by atoms with E-state index in [1.165, 1.54) is 13.0 Å². The average Bonchev–Trinajstić information content (AvgIpc) is 2.09. The molecule has 12 heavy (non-hydrogen) atoms. The Morgan fingerprint density at radius 2 is 2.25 bits per heavy atom. The van der Waals surface area contributed by atoms with Crippen molar-refractivity contribution in [3.63, 3.8) is 0 Å². The van der Waals surface area contributed by atoms with Gasteiger partial charge in [-0.1, -0.05) is 6.92 Å². The van der Waals surface area contributed by atoms with Crippen LogP contribution in [0.2, 0.25) is 0 Å². The zero-order valence-electron chi connectivity index (χ0n) is 8.08. The van der Waals surface area contributed by atoms with Gasteiger partial charge in [0.15, 0.2) is 0 Å². The highest BCUT2D eigenvalue weighted by atomic mass is 15.3. The van der Waals surface area contributed by atoms with E-state index in [9.17, 15) is 0 Å². The third-order valence-electron chi connectivity index (χ3n) is 2.22. The number of nitrogens with zero attached hydrogens (tertiary/aromatic N) is 2. The van der Waals surface area contributed by atoms with E-state index in [4.69, 9.17) is 5.73 Å².